The van der Waals surface area contributed by atoms with Crippen molar-refractivity contribution in [3.63, 3.8) is 0 Å². The number of rotatable bonds is 9. The third-order valence-corrected chi connectivity index (χ3v) is 5.95. The summed E-state index contributed by atoms with van der Waals surface area (Å²) < 4.78 is 10.7. The van der Waals surface area contributed by atoms with E-state index in [0.717, 1.165) is 11.1 Å². The predicted octanol–water partition coefficient (Wildman–Crippen LogP) is 3.69. The molecule has 0 unspecified atom stereocenters. The van der Waals surface area contributed by atoms with Gasteiger partial charge in [-0.1, -0.05) is 35.9 Å². The second-order valence-electron chi connectivity index (χ2n) is 8.67. The summed E-state index contributed by atoms with van der Waals surface area (Å²) in [6, 6.07) is 21.9. The minimum Gasteiger partial charge on any atom is -0.497 e. The van der Waals surface area contributed by atoms with Gasteiger partial charge in [0.15, 0.2) is 6.61 Å². The standard InChI is InChI=1S/C28H29N3O5/c1-19-6-8-20(9-7-19)16-29-28(34)21-14-27(33)31(17-21)23-10-12-24(13-11-23)36-18-26(32)30-22-4-3-5-25(15-22)35-2/h3-13,15,21H,14,16-18H2,1-2H3,(H,29,34)(H,30,32)/t21-/m0/s1. The Morgan fingerprint density at radius 2 is 1.75 bits per heavy atom. The molecular formula is C28H29N3O5. The van der Waals surface area contributed by atoms with Gasteiger partial charge in [-0.05, 0) is 48.9 Å². The number of carbonyl (C=O) groups excluding carboxylic acids is 3. The Hall–Kier alpha value is -4.33. The van der Waals surface area contributed by atoms with Gasteiger partial charge >= 0.3 is 0 Å². The third-order valence-electron chi connectivity index (χ3n) is 5.95. The Balaban J connectivity index is 1.26. The minimum atomic E-state index is -0.404. The van der Waals surface area contributed by atoms with Gasteiger partial charge in [0.1, 0.15) is 11.5 Å². The largest absolute Gasteiger partial charge is 0.497 e. The molecule has 0 spiro atoms. The number of hydrogen-bond donors (Lipinski definition) is 2. The summed E-state index contributed by atoms with van der Waals surface area (Å²) in [6.07, 6.45) is 0.169. The fraction of sp³-hybridized carbons (Fsp3) is 0.250. The van der Waals surface area contributed by atoms with Gasteiger partial charge in [0, 0.05) is 37.0 Å². The van der Waals surface area contributed by atoms with Gasteiger partial charge in [-0.3, -0.25) is 14.4 Å². The van der Waals surface area contributed by atoms with Gasteiger partial charge in [-0.15, -0.1) is 0 Å². The lowest BCUT2D eigenvalue weighted by molar-refractivity contribution is -0.126. The van der Waals surface area contributed by atoms with Gasteiger partial charge in [-0.25, -0.2) is 0 Å². The van der Waals surface area contributed by atoms with Crippen LogP contribution in [-0.2, 0) is 20.9 Å². The van der Waals surface area contributed by atoms with Crippen LogP contribution in [0.15, 0.2) is 72.8 Å². The van der Waals surface area contributed by atoms with Crippen LogP contribution in [0.3, 0.4) is 0 Å². The number of ether oxygens (including phenoxy) is 2. The first-order valence-electron chi connectivity index (χ1n) is 11.7. The van der Waals surface area contributed by atoms with Gasteiger partial charge in [0.25, 0.3) is 5.91 Å². The Labute approximate surface area is 210 Å². The Bertz CT molecular complexity index is 1220. The second-order valence-corrected chi connectivity index (χ2v) is 8.67. The molecule has 1 aliphatic heterocycles. The lowest BCUT2D eigenvalue weighted by Gasteiger charge is -2.17. The molecule has 8 nitrogen and oxygen atoms in total. The molecule has 4 rings (SSSR count). The predicted molar refractivity (Wildman–Crippen MR) is 137 cm³/mol. The number of benzene rings is 3. The molecule has 3 amide bonds. The van der Waals surface area contributed by atoms with Gasteiger partial charge < -0.3 is 25.0 Å². The fourth-order valence-corrected chi connectivity index (χ4v) is 3.94. The van der Waals surface area contributed by atoms with E-state index in [1.807, 2.05) is 31.2 Å². The van der Waals surface area contributed by atoms with E-state index in [9.17, 15) is 14.4 Å². The first-order chi connectivity index (χ1) is 17.4. The van der Waals surface area contributed by atoms with Crippen LogP contribution in [0, 0.1) is 12.8 Å². The molecule has 1 atom stereocenters. The van der Waals surface area contributed by atoms with Crippen molar-refractivity contribution in [2.24, 2.45) is 5.92 Å². The van der Waals surface area contributed by atoms with Crippen molar-refractivity contribution in [1.29, 1.82) is 0 Å². The molecule has 1 fully saturated rings. The number of nitrogens with one attached hydrogen (secondary N) is 2. The molecule has 1 saturated heterocycles. The molecule has 3 aromatic carbocycles. The summed E-state index contributed by atoms with van der Waals surface area (Å²) in [4.78, 5) is 39.0. The molecule has 0 saturated carbocycles. The lowest BCUT2D eigenvalue weighted by Crippen LogP contribution is -2.32. The van der Waals surface area contributed by atoms with E-state index in [-0.39, 0.29) is 30.7 Å². The molecule has 186 valence electrons. The normalized spacial score (nSPS) is 14.9. The Morgan fingerprint density at radius 3 is 2.47 bits per heavy atom. The van der Waals surface area contributed by atoms with Crippen LogP contribution in [0.2, 0.25) is 0 Å². The summed E-state index contributed by atoms with van der Waals surface area (Å²) in [5.74, 6) is 0.205. The third kappa shape index (κ3) is 6.41. The fourth-order valence-electron chi connectivity index (χ4n) is 3.94. The van der Waals surface area contributed by atoms with Gasteiger partial charge in [0.05, 0.1) is 13.0 Å². The van der Waals surface area contributed by atoms with E-state index in [2.05, 4.69) is 10.6 Å². The number of carbonyl (C=O) groups is 3. The molecule has 0 aromatic heterocycles. The van der Waals surface area contributed by atoms with Crippen molar-refractivity contribution >= 4 is 29.1 Å². The summed E-state index contributed by atoms with van der Waals surface area (Å²) in [6.45, 7) is 2.60. The van der Waals surface area contributed by atoms with Crippen molar-refractivity contribution in [2.75, 3.05) is 30.5 Å². The van der Waals surface area contributed by atoms with Crippen LogP contribution in [0.5, 0.6) is 11.5 Å². The van der Waals surface area contributed by atoms with E-state index in [1.165, 1.54) is 0 Å². The number of anilines is 2. The van der Waals surface area contributed by atoms with E-state index in [0.29, 0.717) is 36.0 Å². The molecule has 1 aliphatic rings. The average Bonchev–Trinajstić information content (AvgIpc) is 3.29. The van der Waals surface area contributed by atoms with Gasteiger partial charge in [-0.2, -0.15) is 0 Å². The summed E-state index contributed by atoms with van der Waals surface area (Å²) in [5.41, 5.74) is 3.48. The van der Waals surface area contributed by atoms with Crippen LogP contribution in [0.1, 0.15) is 17.5 Å². The molecule has 2 N–H and O–H groups in total. The first kappa shape index (κ1) is 24.8. The maximum Gasteiger partial charge on any atom is 0.262 e. The number of hydrogen-bond acceptors (Lipinski definition) is 5. The smallest absolute Gasteiger partial charge is 0.262 e. The summed E-state index contributed by atoms with van der Waals surface area (Å²) in [7, 11) is 1.56. The Morgan fingerprint density at radius 1 is 1.00 bits per heavy atom. The highest BCUT2D eigenvalue weighted by Crippen LogP contribution is 2.27. The SMILES string of the molecule is COc1cccc(NC(=O)COc2ccc(N3C[C@@H](C(=O)NCc4ccc(C)cc4)CC3=O)cc2)c1. The summed E-state index contributed by atoms with van der Waals surface area (Å²) in [5, 5.41) is 5.68. The van der Waals surface area contributed by atoms with Crippen LogP contribution < -0.4 is 25.0 Å². The van der Waals surface area contributed by atoms with Crippen molar-refractivity contribution < 1.29 is 23.9 Å². The molecule has 8 heteroatoms. The zero-order valence-electron chi connectivity index (χ0n) is 20.3. The number of methoxy groups -OCH3 is 1. The number of amides is 3. The molecule has 1 heterocycles. The monoisotopic (exact) mass is 487 g/mol. The molecule has 36 heavy (non-hydrogen) atoms. The van der Waals surface area contributed by atoms with Crippen LogP contribution in [0.25, 0.3) is 0 Å². The van der Waals surface area contributed by atoms with Crippen molar-refractivity contribution in [3.05, 3.63) is 83.9 Å². The highest BCUT2D eigenvalue weighted by atomic mass is 16.5. The van der Waals surface area contributed by atoms with Crippen LogP contribution in [-0.4, -0.2) is 38.0 Å². The number of nitrogens with zero attached hydrogens (tertiary/aromatic N) is 1. The Kier molecular flexibility index (Phi) is 7.85. The zero-order valence-corrected chi connectivity index (χ0v) is 20.3. The maximum atomic E-state index is 12.6. The second kappa shape index (κ2) is 11.4. The highest BCUT2D eigenvalue weighted by molar-refractivity contribution is 6.00. The average molecular weight is 488 g/mol. The quantitative estimate of drug-likeness (QED) is 0.480. The highest BCUT2D eigenvalue weighted by Gasteiger charge is 2.35. The van der Waals surface area contributed by atoms with E-state index < -0.39 is 5.92 Å². The molecule has 0 radical (unpaired) electrons. The number of aryl methyl sites for hydroxylation is 1. The van der Waals surface area contributed by atoms with E-state index in [4.69, 9.17) is 9.47 Å². The molecule has 0 aliphatic carbocycles. The zero-order chi connectivity index (χ0) is 25.5. The topological polar surface area (TPSA) is 97.0 Å². The maximum absolute atomic E-state index is 12.6. The van der Waals surface area contributed by atoms with Crippen molar-refractivity contribution in [1.82, 2.24) is 5.32 Å². The lowest BCUT2D eigenvalue weighted by atomic mass is 10.1. The van der Waals surface area contributed by atoms with Gasteiger partial charge in [0.2, 0.25) is 11.8 Å². The molecular weight excluding hydrogens is 458 g/mol. The van der Waals surface area contributed by atoms with Crippen molar-refractivity contribution in [2.45, 2.75) is 19.9 Å². The minimum absolute atomic E-state index is 0.100. The van der Waals surface area contributed by atoms with E-state index in [1.54, 1.807) is 60.5 Å². The van der Waals surface area contributed by atoms with Crippen molar-refractivity contribution in [3.8, 4) is 11.5 Å². The van der Waals surface area contributed by atoms with Crippen LogP contribution in [0.4, 0.5) is 11.4 Å². The molecule has 3 aromatic rings. The molecule has 0 bridgehead atoms. The summed E-state index contributed by atoms with van der Waals surface area (Å²) >= 11 is 0. The van der Waals surface area contributed by atoms with E-state index >= 15 is 0 Å². The first-order valence-corrected chi connectivity index (χ1v) is 11.7. The van der Waals surface area contributed by atoms with Crippen LogP contribution >= 0.6 is 0 Å².